The lowest BCUT2D eigenvalue weighted by atomic mass is 10.1. The maximum absolute atomic E-state index is 12.5. The van der Waals surface area contributed by atoms with Crippen molar-refractivity contribution in [2.75, 3.05) is 12.3 Å². The fraction of sp³-hybridized carbons (Fsp3) is 0.588. The number of carbonyl (C=O) groups is 1. The minimum Gasteiger partial charge on any atom is -0.337 e. The lowest BCUT2D eigenvalue weighted by Gasteiger charge is -2.29. The monoisotopic (exact) mass is 330 g/mol. The first-order valence-electron chi connectivity index (χ1n) is 8.43. The molecule has 6 heteroatoms. The van der Waals surface area contributed by atoms with E-state index in [1.807, 2.05) is 40.4 Å². The van der Waals surface area contributed by atoms with Crippen molar-refractivity contribution in [3.63, 3.8) is 0 Å². The molecule has 23 heavy (non-hydrogen) atoms. The summed E-state index contributed by atoms with van der Waals surface area (Å²) < 4.78 is 1.94. The van der Waals surface area contributed by atoms with Crippen LogP contribution in [0.3, 0.4) is 0 Å². The molecule has 1 aliphatic carbocycles. The predicted octanol–water partition coefficient (Wildman–Crippen LogP) is 2.60. The zero-order chi connectivity index (χ0) is 15.8. The van der Waals surface area contributed by atoms with Crippen molar-refractivity contribution < 1.29 is 4.79 Å². The molecule has 0 saturated heterocycles. The van der Waals surface area contributed by atoms with Crippen LogP contribution in [0.5, 0.6) is 0 Å². The number of aromatic nitrogens is 3. The molecule has 0 radical (unpaired) electrons. The van der Waals surface area contributed by atoms with E-state index in [0.717, 1.165) is 29.9 Å². The van der Waals surface area contributed by atoms with Crippen LogP contribution in [0, 0.1) is 6.92 Å². The number of aryl methyl sites for hydroxylation is 1. The summed E-state index contributed by atoms with van der Waals surface area (Å²) in [6.45, 7) is 3.44. The average molecular weight is 330 g/mol. The standard InChI is InChI=1S/C17H22N4OS/c1-12-8-16-18-9-13-10-20(7-6-15(13)21(16)19-12)17(22)11-23-14-4-2-3-5-14/h8-9,14H,2-7,10-11H2,1H3. The van der Waals surface area contributed by atoms with Crippen LogP contribution in [0.25, 0.3) is 5.65 Å². The lowest BCUT2D eigenvalue weighted by molar-refractivity contribution is -0.129. The molecule has 1 saturated carbocycles. The molecule has 2 aliphatic rings. The van der Waals surface area contributed by atoms with Gasteiger partial charge in [-0.3, -0.25) is 4.79 Å². The van der Waals surface area contributed by atoms with Gasteiger partial charge < -0.3 is 4.90 Å². The van der Waals surface area contributed by atoms with E-state index in [2.05, 4.69) is 10.1 Å². The topological polar surface area (TPSA) is 50.5 Å². The SMILES string of the molecule is Cc1cc2ncc3c(n2n1)CCN(C(=O)CSC1CCCC1)C3. The van der Waals surface area contributed by atoms with Crippen molar-refractivity contribution in [1.29, 1.82) is 0 Å². The van der Waals surface area contributed by atoms with Crippen molar-refractivity contribution >= 4 is 23.3 Å². The molecule has 1 amide bonds. The summed E-state index contributed by atoms with van der Waals surface area (Å²) in [7, 11) is 0. The highest BCUT2D eigenvalue weighted by Gasteiger charge is 2.24. The number of thioether (sulfide) groups is 1. The van der Waals surface area contributed by atoms with Crippen LogP contribution in [-0.4, -0.2) is 43.0 Å². The second-order valence-corrected chi connectivity index (χ2v) is 7.86. The Morgan fingerprint density at radius 1 is 1.39 bits per heavy atom. The average Bonchev–Trinajstić information content (AvgIpc) is 3.20. The largest absolute Gasteiger partial charge is 0.337 e. The highest BCUT2D eigenvalue weighted by Crippen LogP contribution is 2.30. The summed E-state index contributed by atoms with van der Waals surface area (Å²) in [5, 5.41) is 5.23. The number of carbonyl (C=O) groups excluding carboxylic acids is 1. The number of amides is 1. The first kappa shape index (κ1) is 15.0. The summed E-state index contributed by atoms with van der Waals surface area (Å²) in [6, 6.07) is 2.00. The van der Waals surface area contributed by atoms with Crippen molar-refractivity contribution in [1.82, 2.24) is 19.5 Å². The van der Waals surface area contributed by atoms with Crippen LogP contribution in [0.2, 0.25) is 0 Å². The van der Waals surface area contributed by atoms with E-state index >= 15 is 0 Å². The molecule has 1 fully saturated rings. The third-order valence-electron chi connectivity index (χ3n) is 4.87. The van der Waals surface area contributed by atoms with E-state index in [9.17, 15) is 4.79 Å². The Morgan fingerprint density at radius 2 is 2.22 bits per heavy atom. The number of nitrogens with zero attached hydrogens (tertiary/aromatic N) is 4. The predicted molar refractivity (Wildman–Crippen MR) is 91.6 cm³/mol. The lowest BCUT2D eigenvalue weighted by Crippen LogP contribution is -2.38. The molecule has 5 nitrogen and oxygen atoms in total. The van der Waals surface area contributed by atoms with Gasteiger partial charge in [-0.2, -0.15) is 5.10 Å². The van der Waals surface area contributed by atoms with Gasteiger partial charge in [0.1, 0.15) is 0 Å². The molecule has 0 spiro atoms. The molecule has 4 rings (SSSR count). The van der Waals surface area contributed by atoms with Gasteiger partial charge in [-0.25, -0.2) is 9.50 Å². The Balaban J connectivity index is 1.45. The minimum atomic E-state index is 0.268. The maximum atomic E-state index is 12.5. The van der Waals surface area contributed by atoms with E-state index in [4.69, 9.17) is 0 Å². The first-order chi connectivity index (χ1) is 11.2. The fourth-order valence-corrected chi connectivity index (χ4v) is 4.83. The van der Waals surface area contributed by atoms with Gasteiger partial charge >= 0.3 is 0 Å². The zero-order valence-electron chi connectivity index (χ0n) is 13.5. The van der Waals surface area contributed by atoms with Crippen molar-refractivity contribution in [2.45, 2.75) is 50.8 Å². The molecular weight excluding hydrogens is 308 g/mol. The summed E-state index contributed by atoms with van der Waals surface area (Å²) in [5.41, 5.74) is 4.22. The molecule has 0 atom stereocenters. The number of rotatable bonds is 3. The van der Waals surface area contributed by atoms with Gasteiger partial charge in [0.25, 0.3) is 0 Å². The molecule has 0 bridgehead atoms. The molecule has 2 aromatic rings. The van der Waals surface area contributed by atoms with Crippen LogP contribution >= 0.6 is 11.8 Å². The Bertz CT molecular complexity index is 736. The number of hydrogen-bond donors (Lipinski definition) is 0. The number of hydrogen-bond acceptors (Lipinski definition) is 4. The van der Waals surface area contributed by atoms with E-state index < -0.39 is 0 Å². The fourth-order valence-electron chi connectivity index (χ4n) is 3.60. The number of fused-ring (bicyclic) bond motifs is 3. The van der Waals surface area contributed by atoms with Crippen molar-refractivity contribution in [3.8, 4) is 0 Å². The quantitative estimate of drug-likeness (QED) is 0.868. The Morgan fingerprint density at radius 3 is 3.04 bits per heavy atom. The second kappa shape index (κ2) is 6.15. The maximum Gasteiger partial charge on any atom is 0.232 e. The highest BCUT2D eigenvalue weighted by molar-refractivity contribution is 8.00. The van der Waals surface area contributed by atoms with E-state index in [1.165, 1.54) is 31.4 Å². The van der Waals surface area contributed by atoms with Crippen LogP contribution in [0.4, 0.5) is 0 Å². The van der Waals surface area contributed by atoms with Gasteiger partial charge in [-0.05, 0) is 19.8 Å². The van der Waals surface area contributed by atoms with Gasteiger partial charge in [0.15, 0.2) is 5.65 Å². The molecule has 0 N–H and O–H groups in total. The summed E-state index contributed by atoms with van der Waals surface area (Å²) in [5.74, 6) is 0.889. The molecule has 0 unspecified atom stereocenters. The molecular formula is C17H22N4OS. The van der Waals surface area contributed by atoms with E-state index in [0.29, 0.717) is 17.5 Å². The zero-order valence-corrected chi connectivity index (χ0v) is 14.3. The minimum absolute atomic E-state index is 0.268. The van der Waals surface area contributed by atoms with E-state index in [1.54, 1.807) is 0 Å². The first-order valence-corrected chi connectivity index (χ1v) is 9.48. The third kappa shape index (κ3) is 2.96. The highest BCUT2D eigenvalue weighted by atomic mass is 32.2. The summed E-state index contributed by atoms with van der Waals surface area (Å²) in [6.07, 6.45) is 7.98. The smallest absolute Gasteiger partial charge is 0.232 e. The van der Waals surface area contributed by atoms with Crippen LogP contribution < -0.4 is 0 Å². The summed E-state index contributed by atoms with van der Waals surface area (Å²) >= 11 is 1.85. The van der Waals surface area contributed by atoms with E-state index in [-0.39, 0.29) is 5.91 Å². The van der Waals surface area contributed by atoms with Crippen LogP contribution in [0.1, 0.15) is 42.6 Å². The Kier molecular flexibility index (Phi) is 4.01. The van der Waals surface area contributed by atoms with Gasteiger partial charge in [0.2, 0.25) is 5.91 Å². The van der Waals surface area contributed by atoms with Crippen molar-refractivity contribution in [3.05, 3.63) is 29.2 Å². The van der Waals surface area contributed by atoms with Crippen LogP contribution in [0.15, 0.2) is 12.3 Å². The van der Waals surface area contributed by atoms with Gasteiger partial charge in [0, 0.05) is 42.6 Å². The summed E-state index contributed by atoms with van der Waals surface area (Å²) in [4.78, 5) is 19.0. The van der Waals surface area contributed by atoms with Crippen LogP contribution in [-0.2, 0) is 17.8 Å². The van der Waals surface area contributed by atoms with Gasteiger partial charge in [-0.1, -0.05) is 12.8 Å². The van der Waals surface area contributed by atoms with Gasteiger partial charge in [-0.15, -0.1) is 11.8 Å². The molecule has 122 valence electrons. The van der Waals surface area contributed by atoms with Gasteiger partial charge in [0.05, 0.1) is 17.1 Å². The Labute approximate surface area is 140 Å². The molecule has 3 heterocycles. The van der Waals surface area contributed by atoms with Crippen molar-refractivity contribution in [2.24, 2.45) is 0 Å². The second-order valence-electron chi connectivity index (χ2n) is 6.57. The molecule has 2 aromatic heterocycles. The Hall–Kier alpha value is -1.56. The molecule has 0 aromatic carbocycles. The third-order valence-corrected chi connectivity index (χ3v) is 6.23. The molecule has 1 aliphatic heterocycles. The normalized spacial score (nSPS) is 18.6.